The van der Waals surface area contributed by atoms with Crippen molar-refractivity contribution in [3.63, 3.8) is 0 Å². The van der Waals surface area contributed by atoms with Crippen LogP contribution in [0.5, 0.6) is 0 Å². The van der Waals surface area contributed by atoms with Crippen molar-refractivity contribution in [1.82, 2.24) is 10.2 Å². The number of aryl methyl sites for hydroxylation is 1. The normalized spacial score (nSPS) is 20.1. The van der Waals surface area contributed by atoms with Crippen LogP contribution in [-0.2, 0) is 29.0 Å². The zero-order valence-corrected chi connectivity index (χ0v) is 17.1. The van der Waals surface area contributed by atoms with Crippen molar-refractivity contribution in [3.05, 3.63) is 71.3 Å². The average Bonchev–Trinajstić information content (AvgIpc) is 2.67. The number of morpholine rings is 1. The Bertz CT molecular complexity index is 737. The van der Waals surface area contributed by atoms with Gasteiger partial charge in [0.15, 0.2) is 0 Å². The Kier molecular flexibility index (Phi) is 7.63. The Labute approximate surface area is 168 Å². The van der Waals surface area contributed by atoms with E-state index in [-0.39, 0.29) is 18.1 Å². The molecule has 1 saturated heterocycles. The van der Waals surface area contributed by atoms with Crippen molar-refractivity contribution < 1.29 is 9.53 Å². The van der Waals surface area contributed by atoms with Crippen LogP contribution in [0.2, 0.25) is 0 Å². The van der Waals surface area contributed by atoms with Gasteiger partial charge in [-0.25, -0.2) is 0 Å². The maximum Gasteiger partial charge on any atom is 0.220 e. The van der Waals surface area contributed by atoms with E-state index in [9.17, 15) is 4.79 Å². The zero-order chi connectivity index (χ0) is 19.8. The molecule has 3 rings (SSSR count). The summed E-state index contributed by atoms with van der Waals surface area (Å²) in [6.45, 7) is 7.65. The van der Waals surface area contributed by atoms with Gasteiger partial charge in [0.2, 0.25) is 5.91 Å². The van der Waals surface area contributed by atoms with Gasteiger partial charge >= 0.3 is 0 Å². The fraction of sp³-hybridized carbons (Fsp3) is 0.458. The van der Waals surface area contributed by atoms with Crippen molar-refractivity contribution in [1.29, 1.82) is 0 Å². The Morgan fingerprint density at radius 2 is 1.64 bits per heavy atom. The van der Waals surface area contributed by atoms with Crippen LogP contribution in [0, 0.1) is 0 Å². The van der Waals surface area contributed by atoms with Gasteiger partial charge in [0.1, 0.15) is 0 Å². The fourth-order valence-electron chi connectivity index (χ4n) is 3.92. The Morgan fingerprint density at radius 1 is 1.00 bits per heavy atom. The first kappa shape index (κ1) is 20.6. The highest BCUT2D eigenvalue weighted by atomic mass is 16.5. The van der Waals surface area contributed by atoms with Gasteiger partial charge in [-0.05, 0) is 43.4 Å². The van der Waals surface area contributed by atoms with E-state index in [1.165, 1.54) is 16.7 Å². The largest absolute Gasteiger partial charge is 0.373 e. The number of rotatable bonds is 8. The number of nitrogens with zero attached hydrogens (tertiary/aromatic N) is 1. The highest BCUT2D eigenvalue weighted by Gasteiger charge is 2.22. The van der Waals surface area contributed by atoms with Gasteiger partial charge < -0.3 is 10.1 Å². The maximum absolute atomic E-state index is 12.3. The molecule has 2 aromatic rings. The number of nitrogens with one attached hydrogen (secondary N) is 1. The lowest BCUT2D eigenvalue weighted by Crippen LogP contribution is -2.45. The number of benzene rings is 2. The molecule has 0 bridgehead atoms. The summed E-state index contributed by atoms with van der Waals surface area (Å²) in [5, 5.41) is 3.10. The van der Waals surface area contributed by atoms with Crippen LogP contribution in [0.4, 0.5) is 0 Å². The first-order valence-electron chi connectivity index (χ1n) is 10.4. The summed E-state index contributed by atoms with van der Waals surface area (Å²) in [6.07, 6.45) is 2.91. The molecule has 0 saturated carbocycles. The number of ether oxygens (including phenoxy) is 1. The second kappa shape index (κ2) is 10.4. The molecule has 1 fully saturated rings. The SMILES string of the molecule is CC1CN(Cc2ccccc2CNC(=O)CCCc2ccccc2)CC(C)O1. The molecule has 0 spiro atoms. The van der Waals surface area contributed by atoms with E-state index in [2.05, 4.69) is 54.4 Å². The molecule has 0 aromatic heterocycles. The van der Waals surface area contributed by atoms with Gasteiger partial charge in [0.25, 0.3) is 0 Å². The molecule has 1 amide bonds. The first-order chi connectivity index (χ1) is 13.6. The summed E-state index contributed by atoms with van der Waals surface area (Å²) in [6, 6.07) is 18.7. The average molecular weight is 381 g/mol. The Balaban J connectivity index is 1.47. The lowest BCUT2D eigenvalue weighted by atomic mass is 10.1. The minimum absolute atomic E-state index is 0.124. The number of hydrogen-bond acceptors (Lipinski definition) is 3. The van der Waals surface area contributed by atoms with Crippen molar-refractivity contribution in [2.75, 3.05) is 13.1 Å². The molecule has 2 unspecified atom stereocenters. The van der Waals surface area contributed by atoms with E-state index >= 15 is 0 Å². The molecule has 1 N–H and O–H groups in total. The molecule has 0 radical (unpaired) electrons. The van der Waals surface area contributed by atoms with Gasteiger partial charge in [0, 0.05) is 32.6 Å². The van der Waals surface area contributed by atoms with Crippen LogP contribution in [0.15, 0.2) is 54.6 Å². The van der Waals surface area contributed by atoms with Crippen LogP contribution in [0.1, 0.15) is 43.4 Å². The van der Waals surface area contributed by atoms with E-state index in [0.717, 1.165) is 32.5 Å². The van der Waals surface area contributed by atoms with Gasteiger partial charge in [-0.3, -0.25) is 9.69 Å². The topological polar surface area (TPSA) is 41.6 Å². The quantitative estimate of drug-likeness (QED) is 0.754. The summed E-state index contributed by atoms with van der Waals surface area (Å²) in [4.78, 5) is 14.7. The number of carbonyl (C=O) groups excluding carboxylic acids is 1. The Morgan fingerprint density at radius 3 is 2.36 bits per heavy atom. The van der Waals surface area contributed by atoms with E-state index in [4.69, 9.17) is 4.74 Å². The maximum atomic E-state index is 12.3. The standard InChI is InChI=1S/C24H32N2O2/c1-19-16-26(17-20(2)28-19)18-23-13-7-6-12-22(23)15-25-24(27)14-8-11-21-9-4-3-5-10-21/h3-7,9-10,12-13,19-20H,8,11,14-18H2,1-2H3,(H,25,27). The van der Waals surface area contributed by atoms with Crippen LogP contribution in [0.3, 0.4) is 0 Å². The minimum atomic E-state index is 0.124. The fourth-order valence-corrected chi connectivity index (χ4v) is 3.92. The second-order valence-corrected chi connectivity index (χ2v) is 7.84. The molecule has 0 aliphatic carbocycles. The van der Waals surface area contributed by atoms with Crippen LogP contribution in [0.25, 0.3) is 0 Å². The molecule has 28 heavy (non-hydrogen) atoms. The predicted octanol–water partition coefficient (Wildman–Crippen LogP) is 3.93. The highest BCUT2D eigenvalue weighted by molar-refractivity contribution is 5.75. The molecule has 4 nitrogen and oxygen atoms in total. The lowest BCUT2D eigenvalue weighted by Gasteiger charge is -2.35. The zero-order valence-electron chi connectivity index (χ0n) is 17.1. The third kappa shape index (κ3) is 6.47. The van der Waals surface area contributed by atoms with E-state index in [1.54, 1.807) is 0 Å². The number of hydrogen-bond donors (Lipinski definition) is 1. The monoisotopic (exact) mass is 380 g/mol. The van der Waals surface area contributed by atoms with Crippen LogP contribution >= 0.6 is 0 Å². The second-order valence-electron chi connectivity index (χ2n) is 7.84. The first-order valence-corrected chi connectivity index (χ1v) is 10.4. The van der Waals surface area contributed by atoms with Crippen LogP contribution in [-0.4, -0.2) is 36.1 Å². The van der Waals surface area contributed by atoms with Crippen molar-refractivity contribution in [3.8, 4) is 0 Å². The molecule has 150 valence electrons. The van der Waals surface area contributed by atoms with Gasteiger partial charge in [-0.1, -0.05) is 54.6 Å². The smallest absolute Gasteiger partial charge is 0.220 e. The molecule has 1 aliphatic heterocycles. The summed E-state index contributed by atoms with van der Waals surface area (Å²) in [7, 11) is 0. The summed E-state index contributed by atoms with van der Waals surface area (Å²) in [5.74, 6) is 0.124. The number of amides is 1. The lowest BCUT2D eigenvalue weighted by molar-refractivity contribution is -0.121. The summed E-state index contributed by atoms with van der Waals surface area (Å²) < 4.78 is 5.83. The molecular formula is C24H32N2O2. The third-order valence-corrected chi connectivity index (χ3v) is 5.20. The van der Waals surface area contributed by atoms with Crippen LogP contribution < -0.4 is 5.32 Å². The van der Waals surface area contributed by atoms with Crippen molar-refractivity contribution >= 4 is 5.91 Å². The molecule has 2 atom stereocenters. The minimum Gasteiger partial charge on any atom is -0.373 e. The van der Waals surface area contributed by atoms with Gasteiger partial charge in [0.05, 0.1) is 12.2 Å². The molecular weight excluding hydrogens is 348 g/mol. The van der Waals surface area contributed by atoms with Crippen molar-refractivity contribution in [2.45, 2.75) is 58.4 Å². The van der Waals surface area contributed by atoms with Gasteiger partial charge in [-0.2, -0.15) is 0 Å². The van der Waals surface area contributed by atoms with Crippen molar-refractivity contribution in [2.24, 2.45) is 0 Å². The molecule has 1 heterocycles. The predicted molar refractivity (Wildman–Crippen MR) is 113 cm³/mol. The third-order valence-electron chi connectivity index (χ3n) is 5.20. The number of carbonyl (C=O) groups is 1. The van der Waals surface area contributed by atoms with Gasteiger partial charge in [-0.15, -0.1) is 0 Å². The molecule has 4 heteroatoms. The highest BCUT2D eigenvalue weighted by Crippen LogP contribution is 2.17. The summed E-state index contributed by atoms with van der Waals surface area (Å²) in [5.41, 5.74) is 3.77. The molecule has 2 aromatic carbocycles. The summed E-state index contributed by atoms with van der Waals surface area (Å²) >= 11 is 0. The molecule has 1 aliphatic rings. The van der Waals surface area contributed by atoms with E-state index in [0.29, 0.717) is 13.0 Å². The Hall–Kier alpha value is -2.17. The van der Waals surface area contributed by atoms with E-state index in [1.807, 2.05) is 24.3 Å². The van der Waals surface area contributed by atoms with E-state index < -0.39 is 0 Å².